The van der Waals surface area contributed by atoms with Gasteiger partial charge in [0.05, 0.1) is 24.0 Å². The number of amides is 1. The summed E-state index contributed by atoms with van der Waals surface area (Å²) in [7, 11) is 0. The molecule has 0 aliphatic carbocycles. The summed E-state index contributed by atoms with van der Waals surface area (Å²) >= 11 is 2.75. The third-order valence-electron chi connectivity index (χ3n) is 4.67. The molecule has 0 bridgehead atoms. The van der Waals surface area contributed by atoms with Crippen LogP contribution >= 0.6 is 23.1 Å². The zero-order chi connectivity index (χ0) is 20.1. The molecule has 0 unspecified atom stereocenters. The molecule has 0 radical (unpaired) electrons. The van der Waals surface area contributed by atoms with Gasteiger partial charge in [0.15, 0.2) is 4.34 Å². The molecule has 1 aliphatic heterocycles. The summed E-state index contributed by atoms with van der Waals surface area (Å²) in [5.74, 6) is 0.589. The Morgan fingerprint density at radius 3 is 2.96 bits per heavy atom. The molecule has 2 aromatic heterocycles. The van der Waals surface area contributed by atoms with Crippen molar-refractivity contribution in [1.29, 1.82) is 5.26 Å². The van der Waals surface area contributed by atoms with Gasteiger partial charge in [-0.3, -0.25) is 4.79 Å². The van der Waals surface area contributed by atoms with Crippen molar-refractivity contribution in [3.63, 3.8) is 0 Å². The van der Waals surface area contributed by atoms with E-state index in [4.69, 9.17) is 4.74 Å². The molecule has 0 saturated carbocycles. The van der Waals surface area contributed by atoms with Gasteiger partial charge >= 0.3 is 0 Å². The summed E-state index contributed by atoms with van der Waals surface area (Å²) in [6, 6.07) is 2.23. The zero-order valence-corrected chi connectivity index (χ0v) is 17.9. The van der Waals surface area contributed by atoms with Crippen LogP contribution in [0, 0.1) is 25.2 Å². The van der Waals surface area contributed by atoms with Gasteiger partial charge in [0.1, 0.15) is 11.9 Å². The molecule has 1 fully saturated rings. The van der Waals surface area contributed by atoms with E-state index in [0.29, 0.717) is 17.9 Å². The second-order valence-corrected chi connectivity index (χ2v) is 8.73. The van der Waals surface area contributed by atoms with Crippen LogP contribution in [0.5, 0.6) is 0 Å². The van der Waals surface area contributed by atoms with Gasteiger partial charge in [0, 0.05) is 18.8 Å². The van der Waals surface area contributed by atoms with Crippen molar-refractivity contribution in [2.75, 3.05) is 29.5 Å². The molecule has 1 aliphatic rings. The maximum absolute atomic E-state index is 12.6. The molecule has 28 heavy (non-hydrogen) atoms. The summed E-state index contributed by atoms with van der Waals surface area (Å²) in [4.78, 5) is 12.6. The molecular formula is C18H24N6O2S2. The Hall–Kier alpha value is -2.09. The van der Waals surface area contributed by atoms with Gasteiger partial charge in [-0.25, -0.2) is 0 Å². The van der Waals surface area contributed by atoms with Crippen molar-refractivity contribution < 1.29 is 9.53 Å². The number of ether oxygens (including phenoxy) is 1. The SMILES string of the molecule is CCNc1nnc(SCC(=O)Nc2c(C#N)c(C)c(C)n2C[C@@H]2CCCO2)s1. The number of carbonyl (C=O) groups excluding carboxylic acids is 1. The molecule has 2 aromatic rings. The highest BCUT2D eigenvalue weighted by Crippen LogP contribution is 2.29. The Labute approximate surface area is 172 Å². The number of nitrogens with zero attached hydrogens (tertiary/aromatic N) is 4. The quantitative estimate of drug-likeness (QED) is 0.632. The van der Waals surface area contributed by atoms with Gasteiger partial charge in [0.25, 0.3) is 0 Å². The van der Waals surface area contributed by atoms with Crippen molar-refractivity contribution in [2.45, 2.75) is 50.6 Å². The number of rotatable bonds is 8. The van der Waals surface area contributed by atoms with E-state index in [1.165, 1.54) is 23.1 Å². The number of aromatic nitrogens is 3. The largest absolute Gasteiger partial charge is 0.376 e. The van der Waals surface area contributed by atoms with Crippen LogP contribution in [0.25, 0.3) is 0 Å². The average Bonchev–Trinajstić information content (AvgIpc) is 3.39. The number of carbonyl (C=O) groups is 1. The van der Waals surface area contributed by atoms with Crippen molar-refractivity contribution in [3.05, 3.63) is 16.8 Å². The lowest BCUT2D eigenvalue weighted by Gasteiger charge is -2.16. The number of hydrogen-bond donors (Lipinski definition) is 2. The molecule has 1 atom stereocenters. The number of thioether (sulfide) groups is 1. The van der Waals surface area contributed by atoms with Crippen molar-refractivity contribution in [1.82, 2.24) is 14.8 Å². The van der Waals surface area contributed by atoms with Gasteiger partial charge in [-0.1, -0.05) is 23.1 Å². The van der Waals surface area contributed by atoms with Gasteiger partial charge < -0.3 is 19.9 Å². The minimum atomic E-state index is -0.173. The lowest BCUT2D eigenvalue weighted by atomic mass is 10.2. The molecule has 1 saturated heterocycles. The fraction of sp³-hybridized carbons (Fsp3) is 0.556. The van der Waals surface area contributed by atoms with E-state index in [2.05, 4.69) is 26.9 Å². The summed E-state index contributed by atoms with van der Waals surface area (Å²) in [5.41, 5.74) is 2.39. The first-order valence-corrected chi connectivity index (χ1v) is 11.0. The molecule has 1 amide bonds. The first-order valence-electron chi connectivity index (χ1n) is 9.24. The van der Waals surface area contributed by atoms with Crippen LogP contribution in [-0.2, 0) is 16.1 Å². The average molecular weight is 421 g/mol. The molecule has 0 aromatic carbocycles. The molecule has 2 N–H and O–H groups in total. The monoisotopic (exact) mass is 420 g/mol. The van der Waals surface area contributed by atoms with Crippen LogP contribution in [0.15, 0.2) is 4.34 Å². The predicted octanol–water partition coefficient (Wildman–Crippen LogP) is 3.17. The molecule has 8 nitrogen and oxygen atoms in total. The minimum absolute atomic E-state index is 0.118. The Morgan fingerprint density at radius 1 is 1.46 bits per heavy atom. The second-order valence-electron chi connectivity index (χ2n) is 6.53. The van der Waals surface area contributed by atoms with E-state index in [-0.39, 0.29) is 17.8 Å². The van der Waals surface area contributed by atoms with Gasteiger partial charge in [-0.2, -0.15) is 5.26 Å². The van der Waals surface area contributed by atoms with Crippen molar-refractivity contribution in [3.8, 4) is 6.07 Å². The van der Waals surface area contributed by atoms with Crippen molar-refractivity contribution >= 4 is 40.0 Å². The predicted molar refractivity (Wildman–Crippen MR) is 111 cm³/mol. The number of anilines is 2. The fourth-order valence-electron chi connectivity index (χ4n) is 3.14. The lowest BCUT2D eigenvalue weighted by molar-refractivity contribution is -0.113. The molecular weight excluding hydrogens is 396 g/mol. The Balaban J connectivity index is 1.69. The smallest absolute Gasteiger partial charge is 0.235 e. The minimum Gasteiger partial charge on any atom is -0.376 e. The Kier molecular flexibility index (Phi) is 6.93. The maximum Gasteiger partial charge on any atom is 0.235 e. The molecule has 3 rings (SSSR count). The first-order chi connectivity index (χ1) is 13.5. The van der Waals surface area contributed by atoms with Gasteiger partial charge in [-0.05, 0) is 39.2 Å². The lowest BCUT2D eigenvalue weighted by Crippen LogP contribution is -2.22. The summed E-state index contributed by atoms with van der Waals surface area (Å²) in [6.07, 6.45) is 2.16. The van der Waals surface area contributed by atoms with Gasteiger partial charge in [-0.15, -0.1) is 10.2 Å². The maximum atomic E-state index is 12.6. The topological polar surface area (TPSA) is 105 Å². The van der Waals surface area contributed by atoms with E-state index in [9.17, 15) is 10.1 Å². The second kappa shape index (κ2) is 9.41. The normalized spacial score (nSPS) is 16.1. The first kappa shape index (κ1) is 20.6. The third kappa shape index (κ3) is 4.66. The van der Waals surface area contributed by atoms with Crippen LogP contribution in [-0.4, -0.2) is 45.7 Å². The van der Waals surface area contributed by atoms with E-state index >= 15 is 0 Å². The zero-order valence-electron chi connectivity index (χ0n) is 16.2. The highest BCUT2D eigenvalue weighted by molar-refractivity contribution is 8.01. The number of nitriles is 1. The van der Waals surface area contributed by atoms with E-state index in [1.807, 2.05) is 25.3 Å². The van der Waals surface area contributed by atoms with Crippen molar-refractivity contribution in [2.24, 2.45) is 0 Å². The molecule has 10 heteroatoms. The van der Waals surface area contributed by atoms with Crippen LogP contribution in [0.4, 0.5) is 10.9 Å². The fourth-order valence-corrected chi connectivity index (χ4v) is 4.76. The Bertz CT molecular complexity index is 880. The molecule has 150 valence electrons. The number of nitrogens with one attached hydrogen (secondary N) is 2. The standard InChI is InChI=1S/C18H24N6O2S2/c1-4-20-17-22-23-18(28-17)27-10-15(25)21-16-14(8-19)11(2)12(3)24(16)9-13-6-5-7-26-13/h13H,4-7,9-10H2,1-3H3,(H,20,22)(H,21,25)/t13-/m0/s1. The van der Waals surface area contributed by atoms with Gasteiger partial charge in [0.2, 0.25) is 11.0 Å². The third-order valence-corrected chi connectivity index (χ3v) is 6.68. The van der Waals surface area contributed by atoms with Crippen LogP contribution in [0.1, 0.15) is 36.6 Å². The highest BCUT2D eigenvalue weighted by Gasteiger charge is 2.24. The molecule has 3 heterocycles. The van der Waals surface area contributed by atoms with Crippen LogP contribution < -0.4 is 10.6 Å². The van der Waals surface area contributed by atoms with E-state index in [0.717, 1.165) is 46.7 Å². The highest BCUT2D eigenvalue weighted by atomic mass is 32.2. The summed E-state index contributed by atoms with van der Waals surface area (Å²) < 4.78 is 8.47. The number of hydrogen-bond acceptors (Lipinski definition) is 8. The summed E-state index contributed by atoms with van der Waals surface area (Å²) in [5, 5.41) is 24.5. The van der Waals surface area contributed by atoms with Crippen LogP contribution in [0.3, 0.4) is 0 Å². The summed E-state index contributed by atoms with van der Waals surface area (Å²) in [6.45, 7) is 8.05. The Morgan fingerprint density at radius 2 is 2.29 bits per heavy atom. The van der Waals surface area contributed by atoms with E-state index in [1.54, 1.807) is 0 Å². The molecule has 0 spiro atoms. The van der Waals surface area contributed by atoms with Crippen LogP contribution in [0.2, 0.25) is 0 Å². The van der Waals surface area contributed by atoms with E-state index < -0.39 is 0 Å².